The number of hydrogen-bond acceptors (Lipinski definition) is 6. The van der Waals surface area contributed by atoms with Crippen LogP contribution in [0.5, 0.6) is 0 Å². The molecule has 1 aliphatic rings. The SMILES string of the molecule is N[C@H]1CCN(c2ccc(C(=O)NCc3cccnc3)c(NCCc3cccc(F)c3)n2)C1. The number of carbonyl (C=O) groups is 1. The first-order chi connectivity index (χ1) is 15.6. The second kappa shape index (κ2) is 10.2. The number of nitrogens with two attached hydrogens (primary N) is 1. The number of anilines is 2. The molecule has 0 radical (unpaired) electrons. The number of hydrogen-bond donors (Lipinski definition) is 3. The molecule has 7 nitrogen and oxygen atoms in total. The van der Waals surface area contributed by atoms with Crippen molar-refractivity contribution in [3.05, 3.63) is 83.4 Å². The highest BCUT2D eigenvalue weighted by atomic mass is 19.1. The molecule has 1 amide bonds. The van der Waals surface area contributed by atoms with E-state index in [1.807, 2.05) is 24.3 Å². The predicted octanol–water partition coefficient (Wildman–Crippen LogP) is 2.74. The third-order valence-corrected chi connectivity index (χ3v) is 5.44. The highest BCUT2D eigenvalue weighted by Crippen LogP contribution is 2.23. The average Bonchev–Trinajstić information content (AvgIpc) is 3.24. The molecule has 166 valence electrons. The van der Waals surface area contributed by atoms with Gasteiger partial charge in [0.15, 0.2) is 0 Å². The van der Waals surface area contributed by atoms with E-state index < -0.39 is 0 Å². The van der Waals surface area contributed by atoms with Crippen LogP contribution in [0, 0.1) is 5.82 Å². The van der Waals surface area contributed by atoms with Crippen LogP contribution in [0.4, 0.5) is 16.0 Å². The molecule has 1 atom stereocenters. The number of benzene rings is 1. The van der Waals surface area contributed by atoms with Crippen LogP contribution < -0.4 is 21.3 Å². The Hall–Kier alpha value is -3.52. The highest BCUT2D eigenvalue weighted by Gasteiger charge is 2.22. The zero-order chi connectivity index (χ0) is 22.3. The summed E-state index contributed by atoms with van der Waals surface area (Å²) >= 11 is 0. The first-order valence-electron chi connectivity index (χ1n) is 10.8. The summed E-state index contributed by atoms with van der Waals surface area (Å²) in [6.07, 6.45) is 4.93. The Morgan fingerprint density at radius 3 is 2.81 bits per heavy atom. The summed E-state index contributed by atoms with van der Waals surface area (Å²) in [7, 11) is 0. The number of amides is 1. The van der Waals surface area contributed by atoms with E-state index in [0.29, 0.717) is 30.9 Å². The molecular formula is C24H27FN6O. The Labute approximate surface area is 186 Å². The molecule has 0 spiro atoms. The van der Waals surface area contributed by atoms with Gasteiger partial charge in [0.1, 0.15) is 17.5 Å². The first kappa shape index (κ1) is 21.7. The largest absolute Gasteiger partial charge is 0.369 e. The molecule has 4 rings (SSSR count). The van der Waals surface area contributed by atoms with E-state index in [2.05, 4.69) is 20.5 Å². The van der Waals surface area contributed by atoms with Gasteiger partial charge in [-0.05, 0) is 54.3 Å². The van der Waals surface area contributed by atoms with Gasteiger partial charge in [0.25, 0.3) is 5.91 Å². The standard InChI is InChI=1S/C24H27FN6O/c25-19-5-1-3-17(13-19)8-11-28-23-21(24(32)29-15-18-4-2-10-27-14-18)6-7-22(30-23)31-12-9-20(26)16-31/h1-7,10,13-14,20H,8-9,11-12,15-16,26H2,(H,28,30)(H,29,32)/t20-/m0/s1. The van der Waals surface area contributed by atoms with Crippen molar-refractivity contribution >= 4 is 17.5 Å². The molecule has 1 aromatic carbocycles. The van der Waals surface area contributed by atoms with Crippen molar-refractivity contribution in [3.8, 4) is 0 Å². The second-order valence-corrected chi connectivity index (χ2v) is 7.91. The summed E-state index contributed by atoms with van der Waals surface area (Å²) in [6, 6.07) is 14.0. The molecule has 3 heterocycles. The third kappa shape index (κ3) is 5.59. The molecule has 0 aliphatic carbocycles. The van der Waals surface area contributed by atoms with Crippen LogP contribution in [-0.4, -0.2) is 41.6 Å². The van der Waals surface area contributed by atoms with Crippen LogP contribution in [0.1, 0.15) is 27.9 Å². The van der Waals surface area contributed by atoms with Crippen LogP contribution in [0.2, 0.25) is 0 Å². The molecule has 1 saturated heterocycles. The van der Waals surface area contributed by atoms with E-state index in [1.165, 1.54) is 12.1 Å². The van der Waals surface area contributed by atoms with Crippen LogP contribution >= 0.6 is 0 Å². The van der Waals surface area contributed by atoms with Crippen molar-refractivity contribution in [1.82, 2.24) is 15.3 Å². The topological polar surface area (TPSA) is 96.2 Å². The fraction of sp³-hybridized carbons (Fsp3) is 0.292. The summed E-state index contributed by atoms with van der Waals surface area (Å²) < 4.78 is 13.5. The lowest BCUT2D eigenvalue weighted by atomic mass is 10.1. The minimum absolute atomic E-state index is 0.128. The molecule has 32 heavy (non-hydrogen) atoms. The van der Waals surface area contributed by atoms with Gasteiger partial charge in [-0.15, -0.1) is 0 Å². The molecule has 0 saturated carbocycles. The van der Waals surface area contributed by atoms with E-state index >= 15 is 0 Å². The van der Waals surface area contributed by atoms with Crippen molar-refractivity contribution in [2.24, 2.45) is 5.73 Å². The molecule has 0 unspecified atom stereocenters. The lowest BCUT2D eigenvalue weighted by Gasteiger charge is -2.19. The number of halogens is 1. The number of aromatic nitrogens is 2. The fourth-order valence-corrected chi connectivity index (χ4v) is 3.74. The quantitative estimate of drug-likeness (QED) is 0.505. The molecule has 1 aliphatic heterocycles. The zero-order valence-corrected chi connectivity index (χ0v) is 17.8. The molecular weight excluding hydrogens is 407 g/mol. The maximum absolute atomic E-state index is 13.5. The summed E-state index contributed by atoms with van der Waals surface area (Å²) in [6.45, 7) is 2.46. The monoisotopic (exact) mass is 434 g/mol. The van der Waals surface area contributed by atoms with Crippen molar-refractivity contribution in [1.29, 1.82) is 0 Å². The Kier molecular flexibility index (Phi) is 6.91. The average molecular weight is 435 g/mol. The van der Waals surface area contributed by atoms with Crippen molar-refractivity contribution < 1.29 is 9.18 Å². The molecule has 0 bridgehead atoms. The Bertz CT molecular complexity index is 1060. The number of nitrogens with zero attached hydrogens (tertiary/aromatic N) is 3. The summed E-state index contributed by atoms with van der Waals surface area (Å²) in [5, 5.41) is 6.20. The van der Waals surface area contributed by atoms with E-state index in [-0.39, 0.29) is 17.8 Å². The summed E-state index contributed by atoms with van der Waals surface area (Å²) in [5.74, 6) is 0.806. The molecule has 8 heteroatoms. The highest BCUT2D eigenvalue weighted by molar-refractivity contribution is 5.99. The van der Waals surface area contributed by atoms with Gasteiger partial charge in [0, 0.05) is 44.6 Å². The molecule has 2 aromatic heterocycles. The second-order valence-electron chi connectivity index (χ2n) is 7.91. The predicted molar refractivity (Wildman–Crippen MR) is 123 cm³/mol. The first-order valence-corrected chi connectivity index (χ1v) is 10.8. The molecule has 3 aromatic rings. The summed E-state index contributed by atoms with van der Waals surface area (Å²) in [4.78, 5) is 23.8. The van der Waals surface area contributed by atoms with Crippen molar-refractivity contribution in [3.63, 3.8) is 0 Å². The van der Waals surface area contributed by atoms with E-state index in [9.17, 15) is 9.18 Å². The van der Waals surface area contributed by atoms with Crippen LogP contribution in [0.25, 0.3) is 0 Å². The van der Waals surface area contributed by atoms with Gasteiger partial charge >= 0.3 is 0 Å². The van der Waals surface area contributed by atoms with Gasteiger partial charge in [0.05, 0.1) is 5.56 Å². The Balaban J connectivity index is 1.49. The molecule has 1 fully saturated rings. The van der Waals surface area contributed by atoms with Gasteiger partial charge in [-0.2, -0.15) is 0 Å². The maximum atomic E-state index is 13.5. The smallest absolute Gasteiger partial charge is 0.255 e. The number of carbonyl (C=O) groups excluding carboxylic acids is 1. The third-order valence-electron chi connectivity index (χ3n) is 5.44. The van der Waals surface area contributed by atoms with Gasteiger partial charge in [-0.3, -0.25) is 9.78 Å². The summed E-state index contributed by atoms with van der Waals surface area (Å²) in [5.41, 5.74) is 8.29. The lowest BCUT2D eigenvalue weighted by Crippen LogP contribution is -2.28. The minimum atomic E-state index is -0.261. The van der Waals surface area contributed by atoms with E-state index in [1.54, 1.807) is 24.5 Å². The van der Waals surface area contributed by atoms with Crippen LogP contribution in [-0.2, 0) is 13.0 Å². The Morgan fingerprint density at radius 1 is 1.19 bits per heavy atom. The Morgan fingerprint density at radius 2 is 2.06 bits per heavy atom. The fourth-order valence-electron chi connectivity index (χ4n) is 3.74. The van der Waals surface area contributed by atoms with Crippen LogP contribution in [0.3, 0.4) is 0 Å². The van der Waals surface area contributed by atoms with E-state index in [4.69, 9.17) is 10.7 Å². The number of nitrogens with one attached hydrogen (secondary N) is 2. The van der Waals surface area contributed by atoms with Crippen LogP contribution in [0.15, 0.2) is 60.9 Å². The zero-order valence-electron chi connectivity index (χ0n) is 17.8. The number of pyridine rings is 2. The minimum Gasteiger partial charge on any atom is -0.369 e. The van der Waals surface area contributed by atoms with Crippen molar-refractivity contribution in [2.45, 2.75) is 25.4 Å². The van der Waals surface area contributed by atoms with Gasteiger partial charge < -0.3 is 21.3 Å². The van der Waals surface area contributed by atoms with Crippen molar-refractivity contribution in [2.75, 3.05) is 29.9 Å². The van der Waals surface area contributed by atoms with Gasteiger partial charge in [0.2, 0.25) is 0 Å². The maximum Gasteiger partial charge on any atom is 0.255 e. The number of rotatable bonds is 8. The van der Waals surface area contributed by atoms with Gasteiger partial charge in [-0.25, -0.2) is 9.37 Å². The van der Waals surface area contributed by atoms with Gasteiger partial charge in [-0.1, -0.05) is 18.2 Å². The lowest BCUT2D eigenvalue weighted by molar-refractivity contribution is 0.0951. The normalized spacial score (nSPS) is 15.6. The molecule has 4 N–H and O–H groups in total. The van der Waals surface area contributed by atoms with E-state index in [0.717, 1.165) is 36.5 Å².